The average Bonchev–Trinajstić information content (AvgIpc) is 2.50. The lowest BCUT2D eigenvalue weighted by atomic mass is 10.4. The summed E-state index contributed by atoms with van der Waals surface area (Å²) < 4.78 is 15.3. The molecule has 1 aromatic heterocycles. The van der Waals surface area contributed by atoms with Gasteiger partial charge in [0.25, 0.3) is 0 Å². The minimum Gasteiger partial charge on any atom is -0.364 e. The van der Waals surface area contributed by atoms with Crippen LogP contribution in [0, 0.1) is 0 Å². The maximum Gasteiger partial charge on any atom is 0.231 e. The number of anilines is 3. The molecule has 0 bridgehead atoms. The molecule has 0 aliphatic carbocycles. The lowest BCUT2D eigenvalue weighted by Crippen LogP contribution is -2.16. The standard InChI is InChI=1S/C12H24N6O3/c1-4-5-6-21-9-15-12-17-10(13-7-19-2)16-11(18-12)14-8-20-3/h4-9H2,1-3H3,(H3,13,14,15,16,17,18). The number of hydrogen-bond acceptors (Lipinski definition) is 9. The van der Waals surface area contributed by atoms with Gasteiger partial charge in [-0.2, -0.15) is 15.0 Å². The Hall–Kier alpha value is -1.71. The maximum atomic E-state index is 5.42. The first-order valence-corrected chi connectivity index (χ1v) is 6.83. The Kier molecular flexibility index (Phi) is 9.09. The molecule has 21 heavy (non-hydrogen) atoms. The topological polar surface area (TPSA) is 102 Å². The summed E-state index contributed by atoms with van der Waals surface area (Å²) in [5.41, 5.74) is 0. The Balaban J connectivity index is 2.57. The van der Waals surface area contributed by atoms with Gasteiger partial charge in [0, 0.05) is 20.8 Å². The van der Waals surface area contributed by atoms with Crippen molar-refractivity contribution in [3.05, 3.63) is 0 Å². The minimum atomic E-state index is 0.306. The van der Waals surface area contributed by atoms with E-state index in [4.69, 9.17) is 14.2 Å². The third kappa shape index (κ3) is 7.59. The molecule has 1 aromatic rings. The molecule has 1 rings (SSSR count). The lowest BCUT2D eigenvalue weighted by molar-refractivity contribution is 0.148. The van der Waals surface area contributed by atoms with E-state index in [2.05, 4.69) is 37.8 Å². The van der Waals surface area contributed by atoms with Crippen LogP contribution in [0.2, 0.25) is 0 Å². The van der Waals surface area contributed by atoms with E-state index in [0.29, 0.717) is 44.6 Å². The van der Waals surface area contributed by atoms with E-state index in [-0.39, 0.29) is 0 Å². The fourth-order valence-corrected chi connectivity index (χ4v) is 1.32. The van der Waals surface area contributed by atoms with Crippen LogP contribution in [0.3, 0.4) is 0 Å². The molecular weight excluding hydrogens is 276 g/mol. The number of hydrogen-bond donors (Lipinski definition) is 3. The van der Waals surface area contributed by atoms with Gasteiger partial charge in [0.15, 0.2) is 0 Å². The third-order valence-electron chi connectivity index (χ3n) is 2.36. The molecule has 0 fully saturated rings. The summed E-state index contributed by atoms with van der Waals surface area (Å²) in [4.78, 5) is 12.6. The average molecular weight is 300 g/mol. The van der Waals surface area contributed by atoms with Crippen LogP contribution in [0.15, 0.2) is 0 Å². The van der Waals surface area contributed by atoms with Crippen molar-refractivity contribution in [2.75, 3.05) is 57.0 Å². The van der Waals surface area contributed by atoms with E-state index in [9.17, 15) is 0 Å². The van der Waals surface area contributed by atoms with Gasteiger partial charge in [-0.3, -0.25) is 0 Å². The Morgan fingerprint density at radius 3 is 1.71 bits per heavy atom. The van der Waals surface area contributed by atoms with Crippen LogP contribution < -0.4 is 16.0 Å². The molecule has 0 saturated heterocycles. The van der Waals surface area contributed by atoms with Crippen molar-refractivity contribution < 1.29 is 14.2 Å². The fraction of sp³-hybridized carbons (Fsp3) is 0.750. The summed E-state index contributed by atoms with van der Waals surface area (Å²) in [5.74, 6) is 1.22. The van der Waals surface area contributed by atoms with Crippen molar-refractivity contribution >= 4 is 17.8 Å². The predicted octanol–water partition coefficient (Wildman–Crippen LogP) is 1.09. The smallest absolute Gasteiger partial charge is 0.231 e. The van der Waals surface area contributed by atoms with Crippen molar-refractivity contribution in [2.24, 2.45) is 0 Å². The van der Waals surface area contributed by atoms with Crippen LogP contribution in [0.1, 0.15) is 19.8 Å². The van der Waals surface area contributed by atoms with E-state index in [1.807, 2.05) is 0 Å². The van der Waals surface area contributed by atoms with Gasteiger partial charge in [0.2, 0.25) is 17.8 Å². The molecule has 0 atom stereocenters. The van der Waals surface area contributed by atoms with Crippen molar-refractivity contribution in [3.8, 4) is 0 Å². The lowest BCUT2D eigenvalue weighted by Gasteiger charge is -2.10. The molecule has 0 unspecified atom stereocenters. The second-order valence-corrected chi connectivity index (χ2v) is 4.11. The largest absolute Gasteiger partial charge is 0.364 e. The van der Waals surface area contributed by atoms with Crippen LogP contribution in [0.5, 0.6) is 0 Å². The van der Waals surface area contributed by atoms with Gasteiger partial charge >= 0.3 is 0 Å². The summed E-state index contributed by atoms with van der Waals surface area (Å²) in [6.07, 6.45) is 2.13. The van der Waals surface area contributed by atoms with Crippen molar-refractivity contribution in [3.63, 3.8) is 0 Å². The van der Waals surface area contributed by atoms with E-state index in [1.54, 1.807) is 14.2 Å². The van der Waals surface area contributed by atoms with Gasteiger partial charge in [-0.1, -0.05) is 13.3 Å². The van der Waals surface area contributed by atoms with Gasteiger partial charge < -0.3 is 30.2 Å². The molecule has 3 N–H and O–H groups in total. The molecule has 9 heteroatoms. The highest BCUT2D eigenvalue weighted by Crippen LogP contribution is 2.09. The molecule has 0 radical (unpaired) electrons. The number of nitrogens with zero attached hydrogens (tertiary/aromatic N) is 3. The third-order valence-corrected chi connectivity index (χ3v) is 2.36. The molecule has 0 spiro atoms. The number of nitrogens with one attached hydrogen (secondary N) is 3. The van der Waals surface area contributed by atoms with E-state index in [0.717, 1.165) is 12.8 Å². The quantitative estimate of drug-likeness (QED) is 0.386. The number of rotatable bonds is 12. The van der Waals surface area contributed by atoms with Crippen molar-refractivity contribution in [1.29, 1.82) is 0 Å². The highest BCUT2D eigenvalue weighted by Gasteiger charge is 2.05. The number of unbranched alkanes of at least 4 members (excludes halogenated alkanes) is 1. The summed E-state index contributed by atoms with van der Waals surface area (Å²) >= 11 is 0. The van der Waals surface area contributed by atoms with Gasteiger partial charge in [0.1, 0.15) is 20.2 Å². The highest BCUT2D eigenvalue weighted by molar-refractivity contribution is 5.41. The number of aromatic nitrogens is 3. The molecule has 1 heterocycles. The summed E-state index contributed by atoms with van der Waals surface area (Å²) in [6.45, 7) is 3.78. The zero-order valence-electron chi connectivity index (χ0n) is 12.8. The van der Waals surface area contributed by atoms with Crippen LogP contribution in [-0.4, -0.2) is 56.0 Å². The normalized spacial score (nSPS) is 10.4. The Morgan fingerprint density at radius 2 is 1.29 bits per heavy atom. The molecule has 0 amide bonds. The summed E-state index contributed by atoms with van der Waals surface area (Å²) in [6, 6.07) is 0. The second-order valence-electron chi connectivity index (χ2n) is 4.11. The summed E-state index contributed by atoms with van der Waals surface area (Å²) in [7, 11) is 3.16. The first kappa shape index (κ1) is 17.3. The van der Waals surface area contributed by atoms with Gasteiger partial charge in [-0.15, -0.1) is 0 Å². The molecular formula is C12H24N6O3. The first-order valence-electron chi connectivity index (χ1n) is 6.83. The zero-order chi connectivity index (χ0) is 15.3. The Bertz CT molecular complexity index is 367. The first-order chi connectivity index (χ1) is 10.3. The molecule has 0 saturated carbocycles. The highest BCUT2D eigenvalue weighted by atomic mass is 16.5. The molecule has 120 valence electrons. The Morgan fingerprint density at radius 1 is 0.810 bits per heavy atom. The maximum absolute atomic E-state index is 5.42. The molecule has 9 nitrogen and oxygen atoms in total. The second kappa shape index (κ2) is 11.0. The van der Waals surface area contributed by atoms with Crippen LogP contribution in [-0.2, 0) is 14.2 Å². The molecule has 0 aliphatic rings. The van der Waals surface area contributed by atoms with Crippen LogP contribution >= 0.6 is 0 Å². The van der Waals surface area contributed by atoms with Crippen LogP contribution in [0.25, 0.3) is 0 Å². The van der Waals surface area contributed by atoms with Crippen LogP contribution in [0.4, 0.5) is 17.8 Å². The SMILES string of the molecule is CCCCOCNc1nc(NCOC)nc(NCOC)n1. The number of ether oxygens (including phenoxy) is 3. The van der Waals surface area contributed by atoms with E-state index >= 15 is 0 Å². The fourth-order valence-electron chi connectivity index (χ4n) is 1.32. The summed E-state index contributed by atoms with van der Waals surface area (Å²) in [5, 5.41) is 8.82. The van der Waals surface area contributed by atoms with Crippen molar-refractivity contribution in [2.45, 2.75) is 19.8 Å². The molecule has 0 aliphatic heterocycles. The van der Waals surface area contributed by atoms with Gasteiger partial charge in [0.05, 0.1) is 0 Å². The predicted molar refractivity (Wildman–Crippen MR) is 80.2 cm³/mol. The Labute approximate surface area is 124 Å². The van der Waals surface area contributed by atoms with Crippen molar-refractivity contribution in [1.82, 2.24) is 15.0 Å². The van der Waals surface area contributed by atoms with E-state index < -0.39 is 0 Å². The number of methoxy groups -OCH3 is 2. The van der Waals surface area contributed by atoms with Gasteiger partial charge in [-0.05, 0) is 6.42 Å². The zero-order valence-corrected chi connectivity index (χ0v) is 12.8. The monoisotopic (exact) mass is 300 g/mol. The molecule has 0 aromatic carbocycles. The minimum absolute atomic E-state index is 0.306. The van der Waals surface area contributed by atoms with E-state index in [1.165, 1.54) is 0 Å². The van der Waals surface area contributed by atoms with Gasteiger partial charge in [-0.25, -0.2) is 0 Å².